The lowest BCUT2D eigenvalue weighted by Gasteiger charge is -1.98. The molecule has 1 aromatic carbocycles. The van der Waals surface area contributed by atoms with E-state index in [1.807, 2.05) is 18.2 Å². The van der Waals surface area contributed by atoms with Crippen LogP contribution in [0.1, 0.15) is 17.4 Å². The van der Waals surface area contributed by atoms with Crippen LogP contribution in [0.25, 0.3) is 10.9 Å². The Morgan fingerprint density at radius 2 is 2.19 bits per heavy atom. The topological polar surface area (TPSA) is 42.1 Å². The van der Waals surface area contributed by atoms with Crippen LogP contribution in [0.15, 0.2) is 27.1 Å². The Morgan fingerprint density at radius 3 is 2.81 bits per heavy atom. The third kappa shape index (κ3) is 1.89. The molecule has 3 nitrogen and oxygen atoms in total. The van der Waals surface area contributed by atoms with Crippen LogP contribution in [0.3, 0.4) is 0 Å². The van der Waals surface area contributed by atoms with Crippen molar-refractivity contribution in [2.24, 2.45) is 0 Å². The molecule has 0 fully saturated rings. The summed E-state index contributed by atoms with van der Waals surface area (Å²) in [5, 5.41) is 0.950. The number of nitrogens with one attached hydrogen (secondary N) is 1. The zero-order valence-corrected chi connectivity index (χ0v) is 11.7. The zero-order chi connectivity index (χ0) is 11.7. The molecule has 1 aromatic heterocycles. The number of ether oxygens (including phenoxy) is 1. The van der Waals surface area contributed by atoms with E-state index in [1.54, 1.807) is 6.92 Å². The molecule has 0 spiro atoms. The monoisotopic (exact) mass is 345 g/mol. The Balaban J connectivity index is 2.61. The van der Waals surface area contributed by atoms with Gasteiger partial charge < -0.3 is 9.72 Å². The molecule has 0 bridgehead atoms. The highest BCUT2D eigenvalue weighted by molar-refractivity contribution is 9.11. The molecule has 1 heterocycles. The van der Waals surface area contributed by atoms with Gasteiger partial charge in [0.2, 0.25) is 0 Å². The van der Waals surface area contributed by atoms with E-state index in [0.717, 1.165) is 19.8 Å². The fourth-order valence-electron chi connectivity index (χ4n) is 1.51. The van der Waals surface area contributed by atoms with Crippen LogP contribution in [0, 0.1) is 0 Å². The number of aromatic nitrogens is 1. The van der Waals surface area contributed by atoms with Crippen LogP contribution >= 0.6 is 31.9 Å². The number of hydrogen-bond acceptors (Lipinski definition) is 2. The molecule has 1 N–H and O–H groups in total. The van der Waals surface area contributed by atoms with Gasteiger partial charge in [0.15, 0.2) is 0 Å². The molecule has 0 radical (unpaired) electrons. The second-order valence-electron chi connectivity index (χ2n) is 3.20. The van der Waals surface area contributed by atoms with Gasteiger partial charge in [-0.25, -0.2) is 4.79 Å². The number of carbonyl (C=O) groups is 1. The van der Waals surface area contributed by atoms with E-state index < -0.39 is 0 Å². The lowest BCUT2D eigenvalue weighted by atomic mass is 10.2. The molecule has 0 aliphatic carbocycles. The first-order chi connectivity index (χ1) is 7.65. The van der Waals surface area contributed by atoms with Gasteiger partial charge in [-0.3, -0.25) is 0 Å². The van der Waals surface area contributed by atoms with E-state index in [1.165, 1.54) is 0 Å². The van der Waals surface area contributed by atoms with Crippen LogP contribution < -0.4 is 0 Å². The minimum atomic E-state index is -0.350. The highest BCUT2D eigenvalue weighted by atomic mass is 79.9. The van der Waals surface area contributed by atoms with Gasteiger partial charge in [-0.15, -0.1) is 0 Å². The van der Waals surface area contributed by atoms with Crippen LogP contribution in [-0.4, -0.2) is 17.6 Å². The summed E-state index contributed by atoms with van der Waals surface area (Å²) in [6.45, 7) is 2.15. The van der Waals surface area contributed by atoms with Gasteiger partial charge in [0.05, 0.1) is 11.1 Å². The number of rotatable bonds is 2. The summed E-state index contributed by atoms with van der Waals surface area (Å²) in [4.78, 5) is 14.7. The molecule has 0 amide bonds. The third-order valence-electron chi connectivity index (χ3n) is 2.19. The minimum absolute atomic E-state index is 0.350. The maximum atomic E-state index is 11.6. The average molecular weight is 347 g/mol. The van der Waals surface area contributed by atoms with Gasteiger partial charge in [-0.1, -0.05) is 22.0 Å². The molecule has 84 valence electrons. The predicted octanol–water partition coefficient (Wildman–Crippen LogP) is 3.87. The molecule has 0 unspecified atom stereocenters. The summed E-state index contributed by atoms with van der Waals surface area (Å²) < 4.78 is 6.63. The van der Waals surface area contributed by atoms with Crippen molar-refractivity contribution in [2.45, 2.75) is 6.92 Å². The average Bonchev–Trinajstić information content (AvgIpc) is 2.58. The minimum Gasteiger partial charge on any atom is -0.461 e. The van der Waals surface area contributed by atoms with Gasteiger partial charge in [0.25, 0.3) is 0 Å². The quantitative estimate of drug-likeness (QED) is 0.839. The first-order valence-electron chi connectivity index (χ1n) is 4.78. The van der Waals surface area contributed by atoms with Crippen LogP contribution in [0.4, 0.5) is 0 Å². The Kier molecular flexibility index (Phi) is 3.35. The van der Waals surface area contributed by atoms with Crippen LogP contribution in [0.2, 0.25) is 0 Å². The number of carbonyl (C=O) groups excluding carboxylic acids is 1. The molecule has 2 aromatic rings. The first kappa shape index (κ1) is 11.7. The molecule has 0 aliphatic heterocycles. The Hall–Kier alpha value is -0.810. The number of halogens is 2. The Bertz CT molecular complexity index is 548. The smallest absolute Gasteiger partial charge is 0.355 e. The summed E-state index contributed by atoms with van der Waals surface area (Å²) in [6, 6.07) is 5.74. The first-order valence-corrected chi connectivity index (χ1v) is 6.36. The van der Waals surface area contributed by atoms with Gasteiger partial charge in [0.1, 0.15) is 5.69 Å². The molecule has 16 heavy (non-hydrogen) atoms. The van der Waals surface area contributed by atoms with Gasteiger partial charge in [0, 0.05) is 15.4 Å². The van der Waals surface area contributed by atoms with E-state index in [0.29, 0.717) is 12.3 Å². The molecule has 0 aliphatic rings. The van der Waals surface area contributed by atoms with Crippen molar-refractivity contribution >= 4 is 48.7 Å². The normalized spacial score (nSPS) is 10.7. The van der Waals surface area contributed by atoms with Crippen molar-refractivity contribution < 1.29 is 9.53 Å². The number of fused-ring (bicyclic) bond motifs is 1. The summed E-state index contributed by atoms with van der Waals surface area (Å²) in [5.41, 5.74) is 1.34. The summed E-state index contributed by atoms with van der Waals surface area (Å²) in [5.74, 6) is -0.350. The van der Waals surface area contributed by atoms with E-state index in [2.05, 4.69) is 36.8 Å². The van der Waals surface area contributed by atoms with Gasteiger partial charge in [-0.05, 0) is 35.0 Å². The van der Waals surface area contributed by atoms with E-state index in [9.17, 15) is 4.79 Å². The number of benzene rings is 1. The highest BCUT2D eigenvalue weighted by Crippen LogP contribution is 2.33. The molecule has 0 atom stereocenters. The number of aromatic amines is 1. The highest BCUT2D eigenvalue weighted by Gasteiger charge is 2.18. The molecular formula is C11H9Br2NO2. The summed E-state index contributed by atoms with van der Waals surface area (Å²) in [6.07, 6.45) is 0. The second kappa shape index (κ2) is 4.59. The van der Waals surface area contributed by atoms with E-state index in [4.69, 9.17) is 4.74 Å². The van der Waals surface area contributed by atoms with Crippen molar-refractivity contribution in [1.29, 1.82) is 0 Å². The van der Waals surface area contributed by atoms with Crippen LogP contribution in [0.5, 0.6) is 0 Å². The van der Waals surface area contributed by atoms with Gasteiger partial charge >= 0.3 is 5.97 Å². The van der Waals surface area contributed by atoms with Crippen molar-refractivity contribution in [3.05, 3.63) is 32.8 Å². The van der Waals surface area contributed by atoms with E-state index in [-0.39, 0.29) is 5.97 Å². The van der Waals surface area contributed by atoms with Crippen molar-refractivity contribution in [2.75, 3.05) is 6.61 Å². The van der Waals surface area contributed by atoms with Crippen molar-refractivity contribution in [3.8, 4) is 0 Å². The summed E-state index contributed by atoms with van der Waals surface area (Å²) >= 11 is 6.86. The lowest BCUT2D eigenvalue weighted by molar-refractivity contribution is 0.0519. The lowest BCUT2D eigenvalue weighted by Crippen LogP contribution is -2.05. The second-order valence-corrected chi connectivity index (χ2v) is 4.84. The fraction of sp³-hybridized carbons (Fsp3) is 0.182. The predicted molar refractivity (Wildman–Crippen MR) is 69.7 cm³/mol. The molecule has 0 saturated heterocycles. The summed E-state index contributed by atoms with van der Waals surface area (Å²) in [7, 11) is 0. The molecule has 2 rings (SSSR count). The number of H-pyrrole nitrogens is 1. The van der Waals surface area contributed by atoms with Crippen molar-refractivity contribution in [3.63, 3.8) is 0 Å². The fourth-order valence-corrected chi connectivity index (χ4v) is 3.03. The largest absolute Gasteiger partial charge is 0.461 e. The molecule has 5 heteroatoms. The maximum Gasteiger partial charge on any atom is 0.355 e. The Labute approximate surface area is 109 Å². The third-order valence-corrected chi connectivity index (χ3v) is 3.65. The van der Waals surface area contributed by atoms with Crippen LogP contribution in [-0.2, 0) is 4.74 Å². The Morgan fingerprint density at radius 1 is 1.44 bits per heavy atom. The molecule has 0 saturated carbocycles. The maximum absolute atomic E-state index is 11.6. The molecular weight excluding hydrogens is 338 g/mol. The standard InChI is InChI=1S/C11H9Br2NO2/c1-2-16-11(15)10-9(13)8-6(12)4-3-5-7(8)14-10/h3-5,14H,2H2,1H3. The van der Waals surface area contributed by atoms with E-state index >= 15 is 0 Å². The number of esters is 1. The van der Waals surface area contributed by atoms with Gasteiger partial charge in [-0.2, -0.15) is 0 Å². The SMILES string of the molecule is CCOC(=O)c1[nH]c2cccc(Br)c2c1Br. The van der Waals surface area contributed by atoms with Crippen molar-refractivity contribution in [1.82, 2.24) is 4.98 Å². The zero-order valence-electron chi connectivity index (χ0n) is 8.51. The number of hydrogen-bond donors (Lipinski definition) is 1.